The molecule has 1 rings (SSSR count). The number of carbonyl (C=O) groups excluding carboxylic acids is 1. The highest BCUT2D eigenvalue weighted by molar-refractivity contribution is 5.77. The Kier molecular flexibility index (Phi) is 5.57. The first-order chi connectivity index (χ1) is 9.06. The highest BCUT2D eigenvalue weighted by Crippen LogP contribution is 2.15. The maximum absolute atomic E-state index is 12.0. The first kappa shape index (κ1) is 15.2. The summed E-state index contributed by atoms with van der Waals surface area (Å²) in [4.78, 5) is 12.0. The molecule has 3 heteroatoms. The van der Waals surface area contributed by atoms with Gasteiger partial charge in [-0.15, -0.1) is 0 Å². The van der Waals surface area contributed by atoms with Crippen LogP contribution < -0.4 is 5.32 Å². The number of carbonyl (C=O) groups is 1. The van der Waals surface area contributed by atoms with Crippen LogP contribution in [0.3, 0.4) is 0 Å². The first-order valence-corrected chi connectivity index (χ1v) is 6.83. The quantitative estimate of drug-likeness (QED) is 0.852. The number of amides is 1. The fourth-order valence-electron chi connectivity index (χ4n) is 2.08. The van der Waals surface area contributed by atoms with Crippen molar-refractivity contribution in [2.45, 2.75) is 52.0 Å². The van der Waals surface area contributed by atoms with Gasteiger partial charge in [0.2, 0.25) is 5.91 Å². The lowest BCUT2D eigenvalue weighted by Gasteiger charge is -2.24. The minimum Gasteiger partial charge on any atom is -0.338 e. The summed E-state index contributed by atoms with van der Waals surface area (Å²) in [5.41, 5.74) is 1.68. The van der Waals surface area contributed by atoms with E-state index in [0.717, 1.165) is 0 Å². The third-order valence-corrected chi connectivity index (χ3v) is 3.68. The largest absolute Gasteiger partial charge is 0.338 e. The van der Waals surface area contributed by atoms with Crippen molar-refractivity contribution in [3.8, 4) is 6.07 Å². The average molecular weight is 258 g/mol. The van der Waals surface area contributed by atoms with Crippen molar-refractivity contribution in [2.24, 2.45) is 0 Å². The van der Waals surface area contributed by atoms with Crippen LogP contribution in [-0.4, -0.2) is 11.4 Å². The molecule has 0 unspecified atom stereocenters. The molecule has 19 heavy (non-hydrogen) atoms. The Hall–Kier alpha value is -1.82. The predicted octanol–water partition coefficient (Wildman–Crippen LogP) is 3.13. The molecule has 0 saturated carbocycles. The lowest BCUT2D eigenvalue weighted by Crippen LogP contribution is -2.46. The molecular weight excluding hydrogens is 236 g/mol. The Morgan fingerprint density at radius 2 is 1.95 bits per heavy atom. The van der Waals surface area contributed by atoms with Gasteiger partial charge in [-0.1, -0.05) is 38.1 Å². The SMILES string of the molecule is CCC(C#N)(CC)NC(=O)CCc1ccccc1C. The molecule has 0 aliphatic carbocycles. The number of nitrogens with one attached hydrogen (secondary N) is 1. The van der Waals surface area contributed by atoms with Crippen molar-refractivity contribution in [3.05, 3.63) is 35.4 Å². The summed E-state index contributed by atoms with van der Waals surface area (Å²) < 4.78 is 0. The summed E-state index contributed by atoms with van der Waals surface area (Å²) in [6.45, 7) is 5.90. The van der Waals surface area contributed by atoms with E-state index < -0.39 is 5.54 Å². The highest BCUT2D eigenvalue weighted by Gasteiger charge is 2.27. The summed E-state index contributed by atoms with van der Waals surface area (Å²) in [6, 6.07) is 10.3. The van der Waals surface area contributed by atoms with E-state index in [-0.39, 0.29) is 5.91 Å². The van der Waals surface area contributed by atoms with Crippen LogP contribution in [0.25, 0.3) is 0 Å². The second kappa shape index (κ2) is 6.94. The Labute approximate surface area is 115 Å². The van der Waals surface area contributed by atoms with Gasteiger partial charge in [0.15, 0.2) is 0 Å². The molecule has 0 aliphatic rings. The van der Waals surface area contributed by atoms with Crippen molar-refractivity contribution >= 4 is 5.91 Å². The van der Waals surface area contributed by atoms with Gasteiger partial charge in [0.25, 0.3) is 0 Å². The van der Waals surface area contributed by atoms with Gasteiger partial charge in [0, 0.05) is 6.42 Å². The van der Waals surface area contributed by atoms with Gasteiger partial charge < -0.3 is 5.32 Å². The van der Waals surface area contributed by atoms with Crippen LogP contribution in [-0.2, 0) is 11.2 Å². The number of nitriles is 1. The third-order valence-electron chi connectivity index (χ3n) is 3.68. The summed E-state index contributed by atoms with van der Waals surface area (Å²) >= 11 is 0. The summed E-state index contributed by atoms with van der Waals surface area (Å²) in [7, 11) is 0. The van der Waals surface area contributed by atoms with Crippen LogP contribution in [0.4, 0.5) is 0 Å². The molecule has 0 fully saturated rings. The van der Waals surface area contributed by atoms with Gasteiger partial charge in [-0.2, -0.15) is 5.26 Å². The van der Waals surface area contributed by atoms with Gasteiger partial charge in [-0.05, 0) is 37.3 Å². The lowest BCUT2D eigenvalue weighted by molar-refractivity contribution is -0.122. The zero-order chi connectivity index (χ0) is 14.3. The van der Waals surface area contributed by atoms with Crippen LogP contribution >= 0.6 is 0 Å². The van der Waals surface area contributed by atoms with E-state index in [2.05, 4.69) is 11.4 Å². The van der Waals surface area contributed by atoms with Crippen molar-refractivity contribution < 1.29 is 4.79 Å². The molecule has 0 heterocycles. The standard InChI is InChI=1S/C16H22N2O/c1-4-16(5-2,12-17)18-15(19)11-10-14-9-7-6-8-13(14)3/h6-9H,4-5,10-11H2,1-3H3,(H,18,19). The zero-order valence-corrected chi connectivity index (χ0v) is 12.0. The molecule has 102 valence electrons. The van der Waals surface area contributed by atoms with Crippen molar-refractivity contribution in [1.82, 2.24) is 5.32 Å². The van der Waals surface area contributed by atoms with Crippen LogP contribution in [0.15, 0.2) is 24.3 Å². The highest BCUT2D eigenvalue weighted by atomic mass is 16.1. The average Bonchev–Trinajstić information content (AvgIpc) is 2.44. The number of rotatable bonds is 6. The molecule has 3 nitrogen and oxygen atoms in total. The van der Waals surface area contributed by atoms with Gasteiger partial charge in [-0.25, -0.2) is 0 Å². The molecule has 0 bridgehead atoms. The molecular formula is C16H22N2O. The monoisotopic (exact) mass is 258 g/mol. The second-order valence-electron chi connectivity index (χ2n) is 4.88. The molecule has 0 aromatic heterocycles. The molecule has 0 atom stereocenters. The van der Waals surface area contributed by atoms with Crippen molar-refractivity contribution in [1.29, 1.82) is 5.26 Å². The number of aryl methyl sites for hydroxylation is 2. The minimum atomic E-state index is -0.706. The van der Waals surface area contributed by atoms with E-state index >= 15 is 0 Å². The van der Waals surface area contributed by atoms with E-state index in [1.165, 1.54) is 11.1 Å². The Morgan fingerprint density at radius 3 is 2.47 bits per heavy atom. The lowest BCUT2D eigenvalue weighted by atomic mass is 9.94. The third kappa shape index (κ3) is 4.10. The number of hydrogen-bond donors (Lipinski definition) is 1. The van der Waals surface area contributed by atoms with Gasteiger partial charge in [0.05, 0.1) is 6.07 Å². The van der Waals surface area contributed by atoms with Crippen molar-refractivity contribution in [2.75, 3.05) is 0 Å². The summed E-state index contributed by atoms with van der Waals surface area (Å²) in [5, 5.41) is 12.1. The van der Waals surface area contributed by atoms with E-state index in [0.29, 0.717) is 25.7 Å². The molecule has 1 N–H and O–H groups in total. The smallest absolute Gasteiger partial charge is 0.221 e. The zero-order valence-electron chi connectivity index (χ0n) is 12.0. The van der Waals surface area contributed by atoms with Crippen LogP contribution in [0.2, 0.25) is 0 Å². The van der Waals surface area contributed by atoms with Crippen LogP contribution in [0.1, 0.15) is 44.2 Å². The summed E-state index contributed by atoms with van der Waals surface area (Å²) in [5.74, 6) is -0.0477. The Bertz CT molecular complexity index is 470. The van der Waals surface area contributed by atoms with E-state index in [9.17, 15) is 10.1 Å². The van der Waals surface area contributed by atoms with Gasteiger partial charge >= 0.3 is 0 Å². The molecule has 1 amide bonds. The van der Waals surface area contributed by atoms with E-state index in [4.69, 9.17) is 0 Å². The number of hydrogen-bond acceptors (Lipinski definition) is 2. The molecule has 0 radical (unpaired) electrons. The molecule has 1 aromatic carbocycles. The van der Waals surface area contributed by atoms with Crippen LogP contribution in [0.5, 0.6) is 0 Å². The minimum absolute atomic E-state index is 0.0477. The van der Waals surface area contributed by atoms with Gasteiger partial charge in [-0.3, -0.25) is 4.79 Å². The fraction of sp³-hybridized carbons (Fsp3) is 0.500. The number of nitrogens with zero attached hydrogens (tertiary/aromatic N) is 1. The van der Waals surface area contributed by atoms with Crippen molar-refractivity contribution in [3.63, 3.8) is 0 Å². The Morgan fingerprint density at radius 1 is 1.32 bits per heavy atom. The molecule has 0 aliphatic heterocycles. The maximum atomic E-state index is 12.0. The second-order valence-corrected chi connectivity index (χ2v) is 4.88. The molecule has 0 saturated heterocycles. The topological polar surface area (TPSA) is 52.9 Å². The predicted molar refractivity (Wildman–Crippen MR) is 76.6 cm³/mol. The number of benzene rings is 1. The molecule has 1 aromatic rings. The Balaban J connectivity index is 2.58. The first-order valence-electron chi connectivity index (χ1n) is 6.83. The van der Waals surface area contributed by atoms with E-state index in [1.807, 2.05) is 45.0 Å². The van der Waals surface area contributed by atoms with Crippen LogP contribution in [0, 0.1) is 18.3 Å². The van der Waals surface area contributed by atoms with E-state index in [1.54, 1.807) is 0 Å². The normalized spacial score (nSPS) is 10.8. The molecule has 0 spiro atoms. The fourth-order valence-corrected chi connectivity index (χ4v) is 2.08. The van der Waals surface area contributed by atoms with Gasteiger partial charge in [0.1, 0.15) is 5.54 Å². The summed E-state index contributed by atoms with van der Waals surface area (Å²) in [6.07, 6.45) is 2.41. The maximum Gasteiger partial charge on any atom is 0.221 e.